The van der Waals surface area contributed by atoms with Crippen LogP contribution < -0.4 is 10.8 Å². The van der Waals surface area contributed by atoms with Crippen LogP contribution in [0, 0.1) is 0 Å². The highest BCUT2D eigenvalue weighted by molar-refractivity contribution is 8.00. The largest absolute Gasteiger partial charge is 0.366 e. The zero-order chi connectivity index (χ0) is 15.0. The molecule has 0 fully saturated rings. The van der Waals surface area contributed by atoms with Gasteiger partial charge in [0.1, 0.15) is 5.37 Å². The molecule has 1 aliphatic heterocycles. The molecule has 6 heteroatoms. The summed E-state index contributed by atoms with van der Waals surface area (Å²) in [5.74, 6) is -0.502. The molecule has 2 aromatic rings. The second-order valence-corrected chi connectivity index (χ2v) is 6.45. The average Bonchev–Trinajstić information content (AvgIpc) is 2.77. The maximum atomic E-state index is 11.2. The van der Waals surface area contributed by atoms with E-state index in [0.717, 1.165) is 10.5 Å². The van der Waals surface area contributed by atoms with Crippen LogP contribution in [0.15, 0.2) is 47.4 Å². The first-order chi connectivity index (χ1) is 10.0. The predicted octanol–water partition coefficient (Wildman–Crippen LogP) is 3.31. The Hall–Kier alpha value is -1.69. The lowest BCUT2D eigenvalue weighted by atomic mass is 10.1. The Morgan fingerprint density at radius 1 is 1.29 bits per heavy atom. The second kappa shape index (κ2) is 5.60. The van der Waals surface area contributed by atoms with E-state index in [-0.39, 0.29) is 5.37 Å². The van der Waals surface area contributed by atoms with Crippen LogP contribution in [0.4, 0.5) is 5.69 Å². The van der Waals surface area contributed by atoms with Gasteiger partial charge in [0, 0.05) is 21.9 Å². The number of fused-ring (bicyclic) bond motifs is 1. The summed E-state index contributed by atoms with van der Waals surface area (Å²) in [7, 11) is 0. The van der Waals surface area contributed by atoms with Gasteiger partial charge in [-0.15, -0.1) is 0 Å². The number of hydroxylamine groups is 1. The lowest BCUT2D eigenvalue weighted by molar-refractivity contribution is 0.1000. The van der Waals surface area contributed by atoms with Crippen molar-refractivity contribution in [1.82, 2.24) is 0 Å². The van der Waals surface area contributed by atoms with Crippen molar-refractivity contribution in [2.45, 2.75) is 16.7 Å². The van der Waals surface area contributed by atoms with E-state index in [4.69, 9.17) is 17.3 Å². The molecule has 0 spiro atoms. The van der Waals surface area contributed by atoms with Gasteiger partial charge in [-0.25, -0.2) is 5.06 Å². The molecule has 4 nitrogen and oxygen atoms in total. The van der Waals surface area contributed by atoms with Crippen molar-refractivity contribution in [1.29, 1.82) is 0 Å². The standard InChI is InChI=1S/C15H13ClN2O2S/c16-11-4-1-9(2-5-11)7-14-18(20)12-8-10(15(17)19)3-6-13(12)21-14/h1-6,8,14,20H,7H2,(H2,17,19). The van der Waals surface area contributed by atoms with Gasteiger partial charge in [-0.1, -0.05) is 35.5 Å². The third kappa shape index (κ3) is 2.85. The van der Waals surface area contributed by atoms with E-state index < -0.39 is 5.91 Å². The predicted molar refractivity (Wildman–Crippen MR) is 84.0 cm³/mol. The zero-order valence-corrected chi connectivity index (χ0v) is 12.6. The average molecular weight is 321 g/mol. The molecular weight excluding hydrogens is 308 g/mol. The molecule has 108 valence electrons. The van der Waals surface area contributed by atoms with Gasteiger partial charge in [-0.2, -0.15) is 0 Å². The van der Waals surface area contributed by atoms with Crippen LogP contribution in [-0.4, -0.2) is 16.5 Å². The van der Waals surface area contributed by atoms with Gasteiger partial charge in [-0.05, 0) is 35.9 Å². The topological polar surface area (TPSA) is 66.6 Å². The molecule has 0 aromatic heterocycles. The molecule has 21 heavy (non-hydrogen) atoms. The smallest absolute Gasteiger partial charge is 0.248 e. The molecule has 2 aromatic carbocycles. The fourth-order valence-electron chi connectivity index (χ4n) is 2.25. The maximum absolute atomic E-state index is 11.2. The van der Waals surface area contributed by atoms with Gasteiger partial charge in [-0.3, -0.25) is 10.0 Å². The van der Waals surface area contributed by atoms with E-state index >= 15 is 0 Å². The van der Waals surface area contributed by atoms with Crippen molar-refractivity contribution in [3.05, 3.63) is 58.6 Å². The number of thioether (sulfide) groups is 1. The number of amides is 1. The molecule has 0 radical (unpaired) electrons. The summed E-state index contributed by atoms with van der Waals surface area (Å²) in [5.41, 5.74) is 7.36. The number of nitrogens with two attached hydrogens (primary N) is 1. The van der Waals surface area contributed by atoms with Crippen LogP contribution in [0.2, 0.25) is 5.02 Å². The van der Waals surface area contributed by atoms with E-state index in [2.05, 4.69) is 0 Å². The Balaban J connectivity index is 1.81. The SMILES string of the molecule is NC(=O)c1ccc2c(c1)N(O)C(Cc1ccc(Cl)cc1)S2. The molecule has 0 bridgehead atoms. The van der Waals surface area contributed by atoms with Crippen molar-refractivity contribution in [3.8, 4) is 0 Å². The summed E-state index contributed by atoms with van der Waals surface area (Å²) in [6, 6.07) is 12.6. The van der Waals surface area contributed by atoms with Gasteiger partial charge in [0.15, 0.2) is 0 Å². The Morgan fingerprint density at radius 3 is 2.67 bits per heavy atom. The molecule has 1 amide bonds. The van der Waals surface area contributed by atoms with Crippen molar-refractivity contribution < 1.29 is 10.0 Å². The fourth-order valence-corrected chi connectivity index (χ4v) is 3.58. The van der Waals surface area contributed by atoms with Crippen LogP contribution >= 0.6 is 23.4 Å². The van der Waals surface area contributed by atoms with Crippen molar-refractivity contribution in [2.24, 2.45) is 5.73 Å². The highest BCUT2D eigenvalue weighted by Gasteiger charge is 2.30. The highest BCUT2D eigenvalue weighted by atomic mass is 35.5. The Morgan fingerprint density at radius 2 is 2.00 bits per heavy atom. The Kier molecular flexibility index (Phi) is 3.80. The van der Waals surface area contributed by atoms with Crippen LogP contribution in [-0.2, 0) is 6.42 Å². The molecule has 0 saturated carbocycles. The van der Waals surface area contributed by atoms with Crippen molar-refractivity contribution in [3.63, 3.8) is 0 Å². The number of benzene rings is 2. The number of carbonyl (C=O) groups is 1. The van der Waals surface area contributed by atoms with E-state index in [0.29, 0.717) is 22.7 Å². The van der Waals surface area contributed by atoms with Crippen LogP contribution in [0.25, 0.3) is 0 Å². The molecule has 3 N–H and O–H groups in total. The summed E-state index contributed by atoms with van der Waals surface area (Å²) in [6.07, 6.45) is 0.666. The number of halogens is 1. The van der Waals surface area contributed by atoms with Gasteiger partial charge < -0.3 is 5.73 Å². The van der Waals surface area contributed by atoms with Crippen LogP contribution in [0.5, 0.6) is 0 Å². The van der Waals surface area contributed by atoms with Crippen LogP contribution in [0.3, 0.4) is 0 Å². The normalized spacial score (nSPS) is 16.9. The minimum atomic E-state index is -0.502. The molecule has 1 atom stereocenters. The summed E-state index contributed by atoms with van der Waals surface area (Å²) in [6.45, 7) is 0. The number of nitrogens with zero attached hydrogens (tertiary/aromatic N) is 1. The Bertz CT molecular complexity index is 691. The fraction of sp³-hybridized carbons (Fsp3) is 0.133. The highest BCUT2D eigenvalue weighted by Crippen LogP contribution is 2.43. The minimum absolute atomic E-state index is 0.135. The quantitative estimate of drug-likeness (QED) is 0.910. The second-order valence-electron chi connectivity index (χ2n) is 4.79. The minimum Gasteiger partial charge on any atom is -0.366 e. The zero-order valence-electron chi connectivity index (χ0n) is 11.0. The summed E-state index contributed by atoms with van der Waals surface area (Å²) < 4.78 is 0. The van der Waals surface area contributed by atoms with E-state index in [1.807, 2.05) is 30.3 Å². The molecular formula is C15H13ClN2O2S. The number of hydrogen-bond donors (Lipinski definition) is 2. The monoisotopic (exact) mass is 320 g/mol. The van der Waals surface area contributed by atoms with Crippen molar-refractivity contribution in [2.75, 3.05) is 5.06 Å². The molecule has 1 heterocycles. The third-order valence-electron chi connectivity index (χ3n) is 3.35. The van der Waals surface area contributed by atoms with E-state index in [1.165, 1.54) is 5.06 Å². The number of primary amides is 1. The lowest BCUT2D eigenvalue weighted by Gasteiger charge is -2.19. The van der Waals surface area contributed by atoms with E-state index in [1.54, 1.807) is 23.9 Å². The van der Waals surface area contributed by atoms with E-state index in [9.17, 15) is 10.0 Å². The number of carbonyl (C=O) groups excluding carboxylic acids is 1. The van der Waals surface area contributed by atoms with Gasteiger partial charge in [0.25, 0.3) is 0 Å². The first kappa shape index (κ1) is 14.3. The van der Waals surface area contributed by atoms with Gasteiger partial charge in [0.05, 0.1) is 5.69 Å². The molecule has 0 saturated heterocycles. The van der Waals surface area contributed by atoms with Gasteiger partial charge in [0.2, 0.25) is 5.91 Å². The van der Waals surface area contributed by atoms with Crippen LogP contribution in [0.1, 0.15) is 15.9 Å². The lowest BCUT2D eigenvalue weighted by Crippen LogP contribution is -2.27. The van der Waals surface area contributed by atoms with Crippen molar-refractivity contribution >= 4 is 35.0 Å². The first-order valence-corrected chi connectivity index (χ1v) is 7.63. The summed E-state index contributed by atoms with van der Waals surface area (Å²) >= 11 is 7.42. The molecule has 1 aliphatic rings. The first-order valence-electron chi connectivity index (χ1n) is 6.37. The molecule has 3 rings (SSSR count). The number of anilines is 1. The molecule has 0 aliphatic carbocycles. The maximum Gasteiger partial charge on any atom is 0.248 e. The number of hydrogen-bond acceptors (Lipinski definition) is 4. The third-order valence-corrected chi connectivity index (χ3v) is 4.84. The number of rotatable bonds is 3. The Labute approximate surface area is 131 Å². The summed E-state index contributed by atoms with van der Waals surface area (Å²) in [5, 5.41) is 12.0. The van der Waals surface area contributed by atoms with Gasteiger partial charge >= 0.3 is 0 Å². The summed E-state index contributed by atoms with van der Waals surface area (Å²) in [4.78, 5) is 12.1. The molecule has 1 unspecified atom stereocenters.